The predicted molar refractivity (Wildman–Crippen MR) is 310 cm³/mol. The quantitative estimate of drug-likeness (QED) is 0.0195. The highest BCUT2D eigenvalue weighted by Gasteiger charge is 2.22. The van der Waals surface area contributed by atoms with Crippen molar-refractivity contribution in [3.8, 4) is 0 Å². The van der Waals surface area contributed by atoms with Crippen molar-refractivity contribution >= 4 is 19.8 Å². The van der Waals surface area contributed by atoms with E-state index in [2.05, 4.69) is 26.0 Å². The molecular weight excluding hydrogens is 930 g/mol. The van der Waals surface area contributed by atoms with E-state index in [1.807, 2.05) is 21.1 Å². The van der Waals surface area contributed by atoms with Crippen molar-refractivity contribution in [2.75, 3.05) is 47.5 Å². The van der Waals surface area contributed by atoms with Gasteiger partial charge in [-0.25, -0.2) is 0 Å². The summed E-state index contributed by atoms with van der Waals surface area (Å²) < 4.78 is 34.2. The van der Waals surface area contributed by atoms with Crippen molar-refractivity contribution in [1.82, 2.24) is 0 Å². The van der Waals surface area contributed by atoms with E-state index in [0.717, 1.165) is 32.1 Å². The molecule has 2 atom stereocenters. The van der Waals surface area contributed by atoms with Crippen molar-refractivity contribution < 1.29 is 42.1 Å². The van der Waals surface area contributed by atoms with E-state index in [9.17, 15) is 19.0 Å². The summed E-state index contributed by atoms with van der Waals surface area (Å²) in [6.45, 7) is 4.31. The largest absolute Gasteiger partial charge is 0.756 e. The summed E-state index contributed by atoms with van der Waals surface area (Å²) in [7, 11) is 1.19. The van der Waals surface area contributed by atoms with Crippen LogP contribution in [0.4, 0.5) is 0 Å². The van der Waals surface area contributed by atoms with Crippen molar-refractivity contribution in [3.63, 3.8) is 0 Å². The molecule has 434 valence electrons. The Kier molecular flexibility index (Phi) is 54.6. The van der Waals surface area contributed by atoms with Gasteiger partial charge in [-0.15, -0.1) is 0 Å². The van der Waals surface area contributed by atoms with Gasteiger partial charge in [-0.05, 0) is 38.5 Å². The fourth-order valence-corrected chi connectivity index (χ4v) is 10.3. The predicted octanol–water partition coefficient (Wildman–Crippen LogP) is 19.4. The lowest BCUT2D eigenvalue weighted by Gasteiger charge is -2.28. The fraction of sp³-hybridized carbons (Fsp3) is 0.937. The lowest BCUT2D eigenvalue weighted by atomic mass is 10.0. The second-order valence-electron chi connectivity index (χ2n) is 23.1. The van der Waals surface area contributed by atoms with Crippen LogP contribution >= 0.6 is 7.82 Å². The average molecular weight is 1050 g/mol. The molecule has 0 N–H and O–H groups in total. The van der Waals surface area contributed by atoms with E-state index in [1.54, 1.807) is 0 Å². The maximum atomic E-state index is 12.8. The summed E-state index contributed by atoms with van der Waals surface area (Å²) in [6, 6.07) is 0. The van der Waals surface area contributed by atoms with Crippen LogP contribution in [0.15, 0.2) is 12.2 Å². The van der Waals surface area contributed by atoms with E-state index in [-0.39, 0.29) is 32.0 Å². The highest BCUT2D eigenvalue weighted by molar-refractivity contribution is 7.45. The van der Waals surface area contributed by atoms with Gasteiger partial charge in [0.15, 0.2) is 6.10 Å². The standard InChI is InChI=1S/C63H124NO8P/c1-6-8-10-12-14-16-18-20-22-24-26-28-29-30-31-32-33-34-35-36-38-40-42-44-46-48-50-52-54-56-63(66)72-61(60-71-73(67,68)70-58-57-64(3,4)5)59-69-62(65)55-53-51-49-47-45-43-41-39-37-27-25-23-21-19-17-15-13-11-9-7-2/h24,26,61H,6-23,25,27-60H2,1-5H3/b26-24-. The minimum absolute atomic E-state index is 0.0262. The molecule has 0 spiro atoms. The van der Waals surface area contributed by atoms with Gasteiger partial charge in [0.25, 0.3) is 7.82 Å². The number of ether oxygens (including phenoxy) is 2. The minimum Gasteiger partial charge on any atom is -0.756 e. The number of hydrogen-bond acceptors (Lipinski definition) is 8. The number of hydrogen-bond donors (Lipinski definition) is 0. The zero-order valence-electron chi connectivity index (χ0n) is 49.4. The Bertz CT molecular complexity index is 1240. The lowest BCUT2D eigenvalue weighted by molar-refractivity contribution is -0.870. The number of phosphoric acid groups is 1. The molecule has 0 aromatic heterocycles. The molecule has 0 saturated carbocycles. The van der Waals surface area contributed by atoms with E-state index in [0.29, 0.717) is 17.4 Å². The molecule has 0 bridgehead atoms. The van der Waals surface area contributed by atoms with Crippen molar-refractivity contribution in [2.24, 2.45) is 0 Å². The first-order chi connectivity index (χ1) is 35.5. The van der Waals surface area contributed by atoms with Crippen LogP contribution in [0.1, 0.15) is 328 Å². The Morgan fingerprint density at radius 3 is 1.01 bits per heavy atom. The molecule has 0 aliphatic rings. The second kappa shape index (κ2) is 55.5. The Morgan fingerprint density at radius 2 is 0.699 bits per heavy atom. The second-order valence-corrected chi connectivity index (χ2v) is 24.5. The number of unbranched alkanes of at least 4 members (excludes halogenated alkanes) is 44. The number of esters is 2. The molecule has 0 heterocycles. The molecule has 2 unspecified atom stereocenters. The van der Waals surface area contributed by atoms with E-state index >= 15 is 0 Å². The smallest absolute Gasteiger partial charge is 0.306 e. The first-order valence-electron chi connectivity index (χ1n) is 31.9. The van der Waals surface area contributed by atoms with Crippen LogP contribution in [0.2, 0.25) is 0 Å². The Balaban J connectivity index is 4.03. The molecular formula is C63H124NO8P. The Hall–Kier alpha value is -1.25. The van der Waals surface area contributed by atoms with Crippen LogP contribution < -0.4 is 4.89 Å². The van der Waals surface area contributed by atoms with Crippen LogP contribution in [0.25, 0.3) is 0 Å². The molecule has 0 amide bonds. The number of quaternary nitrogens is 1. The van der Waals surface area contributed by atoms with Crippen LogP contribution in [0.5, 0.6) is 0 Å². The molecule has 9 nitrogen and oxygen atoms in total. The Labute approximate surface area is 454 Å². The molecule has 0 aliphatic heterocycles. The van der Waals surface area contributed by atoms with E-state index < -0.39 is 26.5 Å². The number of rotatable bonds is 60. The molecule has 0 radical (unpaired) electrons. The average Bonchev–Trinajstić information content (AvgIpc) is 3.35. The summed E-state index contributed by atoms with van der Waals surface area (Å²) in [4.78, 5) is 37.9. The highest BCUT2D eigenvalue weighted by Crippen LogP contribution is 2.38. The van der Waals surface area contributed by atoms with Crippen LogP contribution in [0.3, 0.4) is 0 Å². The fourth-order valence-electron chi connectivity index (χ4n) is 9.60. The third-order valence-corrected chi connectivity index (χ3v) is 15.5. The van der Waals surface area contributed by atoms with Crippen molar-refractivity contribution in [2.45, 2.75) is 335 Å². The van der Waals surface area contributed by atoms with Gasteiger partial charge in [-0.3, -0.25) is 14.2 Å². The first-order valence-corrected chi connectivity index (χ1v) is 33.4. The molecule has 0 aliphatic carbocycles. The minimum atomic E-state index is -4.63. The van der Waals surface area contributed by atoms with Gasteiger partial charge in [0, 0.05) is 12.8 Å². The number of allylic oxidation sites excluding steroid dienone is 2. The number of nitrogens with zero attached hydrogens (tertiary/aromatic N) is 1. The molecule has 0 fully saturated rings. The van der Waals surface area contributed by atoms with Crippen molar-refractivity contribution in [1.29, 1.82) is 0 Å². The van der Waals surface area contributed by atoms with Crippen LogP contribution in [-0.4, -0.2) is 70.0 Å². The maximum Gasteiger partial charge on any atom is 0.306 e. The van der Waals surface area contributed by atoms with Gasteiger partial charge in [0.05, 0.1) is 27.7 Å². The molecule has 10 heteroatoms. The van der Waals surface area contributed by atoms with Crippen LogP contribution in [0, 0.1) is 0 Å². The lowest BCUT2D eigenvalue weighted by Crippen LogP contribution is -2.37. The number of carbonyl (C=O) groups is 2. The molecule has 0 saturated heterocycles. The third-order valence-electron chi connectivity index (χ3n) is 14.5. The number of carbonyl (C=O) groups excluding carboxylic acids is 2. The normalized spacial score (nSPS) is 13.2. The van der Waals surface area contributed by atoms with Gasteiger partial charge in [0.2, 0.25) is 0 Å². The van der Waals surface area contributed by atoms with Crippen LogP contribution in [-0.2, 0) is 32.7 Å². The zero-order chi connectivity index (χ0) is 53.5. The molecule has 0 rings (SSSR count). The molecule has 73 heavy (non-hydrogen) atoms. The summed E-state index contributed by atoms with van der Waals surface area (Å²) in [5, 5.41) is 0. The number of likely N-dealkylation sites (N-methyl/N-ethyl adjacent to an activating group) is 1. The third kappa shape index (κ3) is 59.8. The zero-order valence-corrected chi connectivity index (χ0v) is 50.3. The van der Waals surface area contributed by atoms with E-state index in [4.69, 9.17) is 18.5 Å². The van der Waals surface area contributed by atoms with Gasteiger partial charge in [-0.1, -0.05) is 289 Å². The SMILES string of the molecule is CCCCCCCCCC/C=C\CCCCCCCCCCCCCCCCCCCC(=O)OC(COC(=O)CCCCCCCCCCCCCCCCCCCCCC)COP(=O)([O-])OCC[N+](C)(C)C. The Morgan fingerprint density at radius 1 is 0.411 bits per heavy atom. The first kappa shape index (κ1) is 71.8. The maximum absolute atomic E-state index is 12.8. The monoisotopic (exact) mass is 1050 g/mol. The topological polar surface area (TPSA) is 111 Å². The molecule has 0 aromatic carbocycles. The summed E-state index contributed by atoms with van der Waals surface area (Å²) in [5.74, 6) is -0.810. The van der Waals surface area contributed by atoms with Gasteiger partial charge in [-0.2, -0.15) is 0 Å². The summed E-state index contributed by atoms with van der Waals surface area (Å²) >= 11 is 0. The summed E-state index contributed by atoms with van der Waals surface area (Å²) in [5.41, 5.74) is 0. The van der Waals surface area contributed by atoms with Gasteiger partial charge in [0.1, 0.15) is 19.8 Å². The number of phosphoric ester groups is 1. The summed E-state index contributed by atoms with van der Waals surface area (Å²) in [6.07, 6.45) is 65.6. The van der Waals surface area contributed by atoms with Gasteiger partial charge >= 0.3 is 11.9 Å². The van der Waals surface area contributed by atoms with Gasteiger partial charge < -0.3 is 27.9 Å². The van der Waals surface area contributed by atoms with E-state index in [1.165, 1.54) is 263 Å². The molecule has 0 aromatic rings. The van der Waals surface area contributed by atoms with Crippen molar-refractivity contribution in [3.05, 3.63) is 12.2 Å². The highest BCUT2D eigenvalue weighted by atomic mass is 31.2.